The number of thioether (sulfide) groups is 1. The molecule has 1 aromatic carbocycles. The number of para-hydroxylation sites is 1. The van der Waals surface area contributed by atoms with Crippen molar-refractivity contribution in [3.63, 3.8) is 0 Å². The summed E-state index contributed by atoms with van der Waals surface area (Å²) in [4.78, 5) is 4.39. The Kier molecular flexibility index (Phi) is 3.56. The number of fused-ring (bicyclic) bond motifs is 1. The molecule has 1 heterocycles. The third-order valence-electron chi connectivity index (χ3n) is 2.31. The van der Waals surface area contributed by atoms with Gasteiger partial charge in [-0.1, -0.05) is 19.1 Å². The first-order chi connectivity index (χ1) is 7.79. The van der Waals surface area contributed by atoms with Gasteiger partial charge in [-0.25, -0.2) is 4.98 Å². The van der Waals surface area contributed by atoms with E-state index in [2.05, 4.69) is 33.7 Å². The Hall–Kier alpha value is -1.36. The van der Waals surface area contributed by atoms with Crippen LogP contribution in [0.3, 0.4) is 0 Å². The lowest BCUT2D eigenvalue weighted by Gasteiger charge is -2.09. The van der Waals surface area contributed by atoms with Gasteiger partial charge >= 0.3 is 0 Å². The Morgan fingerprint density at radius 1 is 1.25 bits per heavy atom. The number of nitrogens with one attached hydrogen (secondary N) is 1. The molecule has 1 aromatic heterocycles. The maximum absolute atomic E-state index is 4.39. The summed E-state index contributed by atoms with van der Waals surface area (Å²) in [6, 6.07) is 7.73. The molecule has 0 aliphatic heterocycles. The molecule has 5 heteroatoms. The van der Waals surface area contributed by atoms with Crippen molar-refractivity contribution in [1.82, 2.24) is 15.2 Å². The van der Waals surface area contributed by atoms with Gasteiger partial charge < -0.3 is 5.32 Å². The van der Waals surface area contributed by atoms with E-state index in [0.717, 1.165) is 17.6 Å². The molecule has 0 radical (unpaired) electrons. The SMILES string of the molecule is CSC(C)CNc1nnc2ccccc2n1. The van der Waals surface area contributed by atoms with E-state index in [0.29, 0.717) is 11.2 Å². The molecule has 2 aromatic rings. The predicted molar refractivity (Wildman–Crippen MR) is 68.8 cm³/mol. The number of anilines is 1. The maximum atomic E-state index is 4.39. The summed E-state index contributed by atoms with van der Waals surface area (Å²) < 4.78 is 0. The highest BCUT2D eigenvalue weighted by Crippen LogP contribution is 2.10. The van der Waals surface area contributed by atoms with Gasteiger partial charge in [-0.15, -0.1) is 10.2 Å². The van der Waals surface area contributed by atoms with Crippen LogP contribution in [0.15, 0.2) is 24.3 Å². The molecule has 1 atom stereocenters. The Balaban J connectivity index is 2.13. The third-order valence-corrected chi connectivity index (χ3v) is 3.28. The first-order valence-corrected chi connectivity index (χ1v) is 6.44. The van der Waals surface area contributed by atoms with Crippen LogP contribution in [0, 0.1) is 0 Å². The van der Waals surface area contributed by atoms with Gasteiger partial charge in [0.25, 0.3) is 0 Å². The average Bonchev–Trinajstić information content (AvgIpc) is 2.35. The quantitative estimate of drug-likeness (QED) is 0.878. The lowest BCUT2D eigenvalue weighted by molar-refractivity contribution is 0.944. The highest BCUT2D eigenvalue weighted by atomic mass is 32.2. The molecular formula is C11H14N4S. The summed E-state index contributed by atoms with van der Waals surface area (Å²) in [7, 11) is 0. The fraction of sp³-hybridized carbons (Fsp3) is 0.364. The Morgan fingerprint density at radius 2 is 2.00 bits per heavy atom. The minimum Gasteiger partial charge on any atom is -0.352 e. The molecular weight excluding hydrogens is 220 g/mol. The maximum Gasteiger partial charge on any atom is 0.243 e. The second kappa shape index (κ2) is 5.12. The Morgan fingerprint density at radius 3 is 2.75 bits per heavy atom. The summed E-state index contributed by atoms with van der Waals surface area (Å²) >= 11 is 1.81. The zero-order valence-electron chi connectivity index (χ0n) is 9.34. The molecule has 0 aliphatic carbocycles. The zero-order chi connectivity index (χ0) is 11.4. The second-order valence-corrected chi connectivity index (χ2v) is 4.83. The standard InChI is InChI=1S/C11H14N4S/c1-8(16-2)7-12-11-13-9-5-3-4-6-10(9)14-15-11/h3-6,8H,7H2,1-2H3,(H,12,13,15). The van der Waals surface area contributed by atoms with Gasteiger partial charge in [0.2, 0.25) is 5.95 Å². The van der Waals surface area contributed by atoms with E-state index in [9.17, 15) is 0 Å². The molecule has 4 nitrogen and oxygen atoms in total. The van der Waals surface area contributed by atoms with Crippen LogP contribution in [0.4, 0.5) is 5.95 Å². The van der Waals surface area contributed by atoms with E-state index in [1.165, 1.54) is 0 Å². The smallest absolute Gasteiger partial charge is 0.243 e. The summed E-state index contributed by atoms with van der Waals surface area (Å²) in [5.74, 6) is 0.597. The summed E-state index contributed by atoms with van der Waals surface area (Å²) in [6.45, 7) is 3.01. The van der Waals surface area contributed by atoms with Gasteiger partial charge in [0.15, 0.2) is 0 Å². The number of aromatic nitrogens is 3. The van der Waals surface area contributed by atoms with Crippen molar-refractivity contribution in [2.24, 2.45) is 0 Å². The molecule has 0 fully saturated rings. The van der Waals surface area contributed by atoms with Crippen molar-refractivity contribution < 1.29 is 0 Å². The normalized spacial score (nSPS) is 12.6. The van der Waals surface area contributed by atoms with E-state index in [4.69, 9.17) is 0 Å². The fourth-order valence-electron chi connectivity index (χ4n) is 1.27. The van der Waals surface area contributed by atoms with Crippen LogP contribution < -0.4 is 5.32 Å². The van der Waals surface area contributed by atoms with Gasteiger partial charge in [-0.05, 0) is 18.4 Å². The minimum absolute atomic E-state index is 0.537. The van der Waals surface area contributed by atoms with Gasteiger partial charge in [-0.3, -0.25) is 0 Å². The molecule has 0 amide bonds. The lowest BCUT2D eigenvalue weighted by Crippen LogP contribution is -2.14. The van der Waals surface area contributed by atoms with Crippen LogP contribution in [0.1, 0.15) is 6.92 Å². The highest BCUT2D eigenvalue weighted by molar-refractivity contribution is 7.99. The Bertz CT molecular complexity index is 474. The van der Waals surface area contributed by atoms with Gasteiger partial charge in [0, 0.05) is 11.8 Å². The first-order valence-electron chi connectivity index (χ1n) is 5.15. The van der Waals surface area contributed by atoms with Gasteiger partial charge in [0.05, 0.1) is 5.52 Å². The van der Waals surface area contributed by atoms with E-state index in [1.807, 2.05) is 36.0 Å². The van der Waals surface area contributed by atoms with E-state index in [1.54, 1.807) is 0 Å². The number of benzene rings is 1. The van der Waals surface area contributed by atoms with E-state index in [-0.39, 0.29) is 0 Å². The van der Waals surface area contributed by atoms with Crippen molar-refractivity contribution in [3.05, 3.63) is 24.3 Å². The summed E-state index contributed by atoms with van der Waals surface area (Å²) in [6.07, 6.45) is 2.09. The molecule has 1 unspecified atom stereocenters. The van der Waals surface area contributed by atoms with Crippen molar-refractivity contribution in [2.45, 2.75) is 12.2 Å². The lowest BCUT2D eigenvalue weighted by atomic mass is 10.3. The van der Waals surface area contributed by atoms with Crippen LogP contribution in [0.5, 0.6) is 0 Å². The van der Waals surface area contributed by atoms with Crippen LogP contribution in [-0.4, -0.2) is 33.2 Å². The summed E-state index contributed by atoms with van der Waals surface area (Å²) in [5, 5.41) is 11.9. The molecule has 0 aliphatic rings. The van der Waals surface area contributed by atoms with Crippen molar-refractivity contribution >= 4 is 28.7 Å². The van der Waals surface area contributed by atoms with Crippen LogP contribution in [0.2, 0.25) is 0 Å². The molecule has 0 saturated carbocycles. The number of nitrogens with zero attached hydrogens (tertiary/aromatic N) is 3. The molecule has 0 saturated heterocycles. The molecule has 16 heavy (non-hydrogen) atoms. The first kappa shape index (κ1) is 11.1. The minimum atomic E-state index is 0.537. The van der Waals surface area contributed by atoms with Crippen molar-refractivity contribution in [1.29, 1.82) is 0 Å². The van der Waals surface area contributed by atoms with Crippen LogP contribution >= 0.6 is 11.8 Å². The molecule has 84 valence electrons. The number of hydrogen-bond donors (Lipinski definition) is 1. The highest BCUT2D eigenvalue weighted by Gasteiger charge is 2.02. The molecule has 0 bridgehead atoms. The molecule has 1 N–H and O–H groups in total. The van der Waals surface area contributed by atoms with Crippen LogP contribution in [0.25, 0.3) is 11.0 Å². The predicted octanol–water partition coefficient (Wildman–Crippen LogP) is 2.19. The van der Waals surface area contributed by atoms with E-state index < -0.39 is 0 Å². The number of hydrogen-bond acceptors (Lipinski definition) is 5. The largest absolute Gasteiger partial charge is 0.352 e. The monoisotopic (exact) mass is 234 g/mol. The zero-order valence-corrected chi connectivity index (χ0v) is 10.2. The van der Waals surface area contributed by atoms with Crippen molar-refractivity contribution in [2.75, 3.05) is 18.1 Å². The molecule has 0 spiro atoms. The van der Waals surface area contributed by atoms with E-state index >= 15 is 0 Å². The topological polar surface area (TPSA) is 50.7 Å². The average molecular weight is 234 g/mol. The van der Waals surface area contributed by atoms with Crippen molar-refractivity contribution in [3.8, 4) is 0 Å². The molecule has 2 rings (SSSR count). The van der Waals surface area contributed by atoms with Gasteiger partial charge in [0.1, 0.15) is 5.52 Å². The van der Waals surface area contributed by atoms with Gasteiger partial charge in [-0.2, -0.15) is 11.8 Å². The van der Waals surface area contributed by atoms with Crippen LogP contribution in [-0.2, 0) is 0 Å². The summed E-state index contributed by atoms with van der Waals surface area (Å²) in [5.41, 5.74) is 1.70. The Labute approximate surface area is 98.9 Å². The fourth-order valence-corrected chi connectivity index (χ4v) is 1.52. The number of rotatable bonds is 4. The third kappa shape index (κ3) is 2.61. The second-order valence-electron chi connectivity index (χ2n) is 3.55.